The lowest BCUT2D eigenvalue weighted by Gasteiger charge is -2.30. The Morgan fingerprint density at radius 3 is 2.88 bits per heavy atom. The van der Waals surface area contributed by atoms with Crippen LogP contribution in [0.5, 0.6) is 0 Å². The summed E-state index contributed by atoms with van der Waals surface area (Å²) in [5.41, 5.74) is 5.57. The molecule has 0 radical (unpaired) electrons. The second-order valence-corrected chi connectivity index (χ2v) is 4.08. The van der Waals surface area contributed by atoms with Crippen LogP contribution >= 0.6 is 0 Å². The summed E-state index contributed by atoms with van der Waals surface area (Å²) in [6, 6.07) is 0. The summed E-state index contributed by atoms with van der Waals surface area (Å²) in [5.74, 6) is -0.782. The summed E-state index contributed by atoms with van der Waals surface area (Å²) in [5, 5.41) is 0. The maximum atomic E-state index is 12.0. The fourth-order valence-corrected chi connectivity index (χ4v) is 1.97. The van der Waals surface area contributed by atoms with E-state index in [2.05, 4.69) is 9.97 Å². The van der Waals surface area contributed by atoms with Crippen molar-refractivity contribution in [1.29, 1.82) is 0 Å². The third-order valence-electron chi connectivity index (χ3n) is 2.89. The Labute approximate surface area is 98.8 Å². The largest absolute Gasteiger partial charge is 0.369 e. The van der Waals surface area contributed by atoms with E-state index in [0.717, 1.165) is 12.8 Å². The highest BCUT2D eigenvalue weighted by Crippen LogP contribution is 2.17. The van der Waals surface area contributed by atoms with E-state index in [1.165, 1.54) is 18.6 Å². The molecule has 1 fully saturated rings. The summed E-state index contributed by atoms with van der Waals surface area (Å²) >= 11 is 0. The van der Waals surface area contributed by atoms with Crippen molar-refractivity contribution in [2.45, 2.75) is 12.8 Å². The van der Waals surface area contributed by atoms with Gasteiger partial charge in [0.2, 0.25) is 5.91 Å². The number of hydrogen-bond donors (Lipinski definition) is 1. The summed E-state index contributed by atoms with van der Waals surface area (Å²) in [4.78, 5) is 32.6. The second kappa shape index (κ2) is 4.90. The number of likely N-dealkylation sites (tertiary alicyclic amines) is 1. The molecule has 0 saturated carbocycles. The van der Waals surface area contributed by atoms with Gasteiger partial charge in [-0.2, -0.15) is 0 Å². The third-order valence-corrected chi connectivity index (χ3v) is 2.89. The van der Waals surface area contributed by atoms with Crippen molar-refractivity contribution in [3.8, 4) is 0 Å². The van der Waals surface area contributed by atoms with Crippen molar-refractivity contribution >= 4 is 11.8 Å². The zero-order chi connectivity index (χ0) is 12.3. The van der Waals surface area contributed by atoms with Gasteiger partial charge in [-0.3, -0.25) is 14.6 Å². The molecule has 1 aromatic heterocycles. The predicted octanol–water partition coefficient (Wildman–Crippen LogP) is -0.186. The van der Waals surface area contributed by atoms with E-state index in [4.69, 9.17) is 5.73 Å². The smallest absolute Gasteiger partial charge is 0.274 e. The minimum absolute atomic E-state index is 0.191. The first-order chi connectivity index (χ1) is 8.18. The zero-order valence-electron chi connectivity index (χ0n) is 9.37. The number of nitrogens with zero attached hydrogens (tertiary/aromatic N) is 3. The standard InChI is InChI=1S/C11H14N4O2/c12-10(16)8-2-1-5-15(7-8)11(17)9-6-13-3-4-14-9/h3-4,6,8H,1-2,5,7H2,(H2,12,16). The van der Waals surface area contributed by atoms with Gasteiger partial charge in [0.05, 0.1) is 12.1 Å². The van der Waals surface area contributed by atoms with E-state index in [9.17, 15) is 9.59 Å². The maximum Gasteiger partial charge on any atom is 0.274 e. The number of aromatic nitrogens is 2. The van der Waals surface area contributed by atoms with Gasteiger partial charge in [-0.15, -0.1) is 0 Å². The third kappa shape index (κ3) is 2.58. The van der Waals surface area contributed by atoms with Gasteiger partial charge in [-0.05, 0) is 12.8 Å². The van der Waals surface area contributed by atoms with Gasteiger partial charge in [0.15, 0.2) is 0 Å². The van der Waals surface area contributed by atoms with E-state index < -0.39 is 0 Å². The first kappa shape index (κ1) is 11.5. The number of hydrogen-bond acceptors (Lipinski definition) is 4. The molecule has 0 bridgehead atoms. The molecule has 2 rings (SSSR count). The van der Waals surface area contributed by atoms with Crippen molar-refractivity contribution < 1.29 is 9.59 Å². The lowest BCUT2D eigenvalue weighted by Crippen LogP contribution is -2.44. The summed E-state index contributed by atoms with van der Waals surface area (Å²) in [7, 11) is 0. The Kier molecular flexibility index (Phi) is 3.32. The molecule has 1 aliphatic rings. The van der Waals surface area contributed by atoms with Gasteiger partial charge in [0.1, 0.15) is 5.69 Å². The summed E-state index contributed by atoms with van der Waals surface area (Å²) < 4.78 is 0. The molecule has 1 saturated heterocycles. The molecule has 0 spiro atoms. The van der Waals surface area contributed by atoms with Gasteiger partial charge < -0.3 is 10.6 Å². The second-order valence-electron chi connectivity index (χ2n) is 4.08. The van der Waals surface area contributed by atoms with Crippen molar-refractivity contribution in [2.75, 3.05) is 13.1 Å². The molecule has 1 unspecified atom stereocenters. The molecule has 1 aliphatic heterocycles. The van der Waals surface area contributed by atoms with Gasteiger partial charge in [0.25, 0.3) is 5.91 Å². The number of rotatable bonds is 2. The topological polar surface area (TPSA) is 89.2 Å². The van der Waals surface area contributed by atoms with Crippen molar-refractivity contribution in [3.05, 3.63) is 24.3 Å². The molecule has 2 N–H and O–H groups in total. The number of nitrogens with two attached hydrogens (primary N) is 1. The van der Waals surface area contributed by atoms with E-state index in [1.807, 2.05) is 0 Å². The molecule has 6 nitrogen and oxygen atoms in total. The van der Waals surface area contributed by atoms with Crippen LogP contribution in [0.2, 0.25) is 0 Å². The van der Waals surface area contributed by atoms with Gasteiger partial charge in [-0.1, -0.05) is 0 Å². The Bertz CT molecular complexity index is 421. The molecule has 1 aromatic rings. The van der Waals surface area contributed by atoms with E-state index >= 15 is 0 Å². The van der Waals surface area contributed by atoms with Crippen LogP contribution in [0.1, 0.15) is 23.3 Å². The molecular formula is C11H14N4O2. The quantitative estimate of drug-likeness (QED) is 0.768. The maximum absolute atomic E-state index is 12.0. The van der Waals surface area contributed by atoms with Crippen molar-refractivity contribution in [1.82, 2.24) is 14.9 Å². The predicted molar refractivity (Wildman–Crippen MR) is 59.9 cm³/mol. The molecule has 2 heterocycles. The normalized spacial score (nSPS) is 20.0. The van der Waals surface area contributed by atoms with Gasteiger partial charge in [-0.25, -0.2) is 4.98 Å². The van der Waals surface area contributed by atoms with Crippen LogP contribution in [0, 0.1) is 5.92 Å². The number of primary amides is 1. The van der Waals surface area contributed by atoms with Crippen LogP contribution in [0.4, 0.5) is 0 Å². The average molecular weight is 234 g/mol. The van der Waals surface area contributed by atoms with Crippen LogP contribution in [-0.4, -0.2) is 39.8 Å². The lowest BCUT2D eigenvalue weighted by molar-refractivity contribution is -0.123. The van der Waals surface area contributed by atoms with E-state index in [1.54, 1.807) is 4.90 Å². The Morgan fingerprint density at radius 1 is 1.41 bits per heavy atom. The fourth-order valence-electron chi connectivity index (χ4n) is 1.97. The van der Waals surface area contributed by atoms with E-state index in [0.29, 0.717) is 18.8 Å². The molecule has 0 aliphatic carbocycles. The highest BCUT2D eigenvalue weighted by molar-refractivity contribution is 5.92. The van der Waals surface area contributed by atoms with Crippen LogP contribution in [0.25, 0.3) is 0 Å². The van der Waals surface area contributed by atoms with E-state index in [-0.39, 0.29) is 17.7 Å². The molecule has 1 atom stereocenters. The first-order valence-electron chi connectivity index (χ1n) is 5.53. The minimum atomic E-state index is -0.346. The fraction of sp³-hybridized carbons (Fsp3) is 0.455. The SMILES string of the molecule is NC(=O)C1CCCN(C(=O)c2cnccn2)C1. The van der Waals surface area contributed by atoms with Gasteiger partial charge >= 0.3 is 0 Å². The lowest BCUT2D eigenvalue weighted by atomic mass is 9.97. The molecular weight excluding hydrogens is 220 g/mol. The number of piperidine rings is 1. The van der Waals surface area contributed by atoms with Crippen LogP contribution in [0.3, 0.4) is 0 Å². The van der Waals surface area contributed by atoms with Crippen molar-refractivity contribution in [3.63, 3.8) is 0 Å². The number of carbonyl (C=O) groups is 2. The Balaban J connectivity index is 2.07. The molecule has 0 aromatic carbocycles. The monoisotopic (exact) mass is 234 g/mol. The summed E-state index contributed by atoms with van der Waals surface area (Å²) in [6.07, 6.45) is 5.96. The summed E-state index contributed by atoms with van der Waals surface area (Å²) in [6.45, 7) is 1.02. The Hall–Kier alpha value is -1.98. The zero-order valence-corrected chi connectivity index (χ0v) is 9.37. The average Bonchev–Trinajstić information content (AvgIpc) is 2.39. The number of amides is 2. The van der Waals surface area contributed by atoms with Crippen LogP contribution in [-0.2, 0) is 4.79 Å². The van der Waals surface area contributed by atoms with Crippen LogP contribution in [0.15, 0.2) is 18.6 Å². The highest BCUT2D eigenvalue weighted by atomic mass is 16.2. The number of carbonyl (C=O) groups excluding carboxylic acids is 2. The van der Waals surface area contributed by atoms with Crippen LogP contribution < -0.4 is 5.73 Å². The Morgan fingerprint density at radius 2 is 2.24 bits per heavy atom. The minimum Gasteiger partial charge on any atom is -0.369 e. The first-order valence-corrected chi connectivity index (χ1v) is 5.53. The van der Waals surface area contributed by atoms with Gasteiger partial charge in [0, 0.05) is 25.5 Å². The highest BCUT2D eigenvalue weighted by Gasteiger charge is 2.27. The molecule has 2 amide bonds. The molecule has 6 heteroatoms. The molecule has 90 valence electrons. The molecule has 17 heavy (non-hydrogen) atoms. The van der Waals surface area contributed by atoms with Crippen molar-refractivity contribution in [2.24, 2.45) is 11.7 Å².